The van der Waals surface area contributed by atoms with Crippen molar-refractivity contribution in [3.63, 3.8) is 0 Å². The Bertz CT molecular complexity index is 889. The molecule has 0 unspecified atom stereocenters. The molecule has 0 saturated carbocycles. The molecule has 1 fully saturated rings. The van der Waals surface area contributed by atoms with E-state index >= 15 is 0 Å². The average molecular weight is 333 g/mol. The van der Waals surface area contributed by atoms with Crippen LogP contribution in [0.5, 0.6) is 0 Å². The van der Waals surface area contributed by atoms with Gasteiger partial charge in [0.05, 0.1) is 5.56 Å². The van der Waals surface area contributed by atoms with Crippen molar-refractivity contribution in [1.29, 1.82) is 0 Å². The maximum Gasteiger partial charge on any atom is 0.258 e. The molecule has 128 valence electrons. The standard InChI is InChI=1S/C21H23N3O/c1-15-20(18-7-3-4-8-19(18)22-15)21(25)23-16-9-11-17(12-10-16)24-13-5-2-6-14-24/h3-4,7-12,22H,2,5-6,13-14H2,1H3,(H,23,25). The Morgan fingerprint density at radius 1 is 1.00 bits per heavy atom. The number of aromatic amines is 1. The second kappa shape index (κ2) is 6.63. The minimum Gasteiger partial charge on any atom is -0.372 e. The normalized spacial score (nSPS) is 14.7. The Morgan fingerprint density at radius 2 is 1.72 bits per heavy atom. The summed E-state index contributed by atoms with van der Waals surface area (Å²) < 4.78 is 0. The first-order chi connectivity index (χ1) is 12.2. The largest absolute Gasteiger partial charge is 0.372 e. The summed E-state index contributed by atoms with van der Waals surface area (Å²) in [6.07, 6.45) is 3.85. The summed E-state index contributed by atoms with van der Waals surface area (Å²) in [6, 6.07) is 16.1. The first kappa shape index (κ1) is 15.8. The van der Waals surface area contributed by atoms with E-state index in [1.807, 2.05) is 43.3 Å². The predicted molar refractivity (Wildman–Crippen MR) is 103 cm³/mol. The van der Waals surface area contributed by atoms with Crippen LogP contribution in [-0.4, -0.2) is 24.0 Å². The lowest BCUT2D eigenvalue weighted by Crippen LogP contribution is -2.29. The van der Waals surface area contributed by atoms with Crippen LogP contribution in [0.25, 0.3) is 10.9 Å². The lowest BCUT2D eigenvalue weighted by molar-refractivity contribution is 0.102. The summed E-state index contributed by atoms with van der Waals surface area (Å²) in [5.41, 5.74) is 4.67. The molecule has 4 nitrogen and oxygen atoms in total. The summed E-state index contributed by atoms with van der Waals surface area (Å²) >= 11 is 0. The number of nitrogens with zero attached hydrogens (tertiary/aromatic N) is 1. The van der Waals surface area contributed by atoms with Gasteiger partial charge in [0.25, 0.3) is 5.91 Å². The van der Waals surface area contributed by atoms with E-state index in [1.165, 1.54) is 24.9 Å². The number of hydrogen-bond donors (Lipinski definition) is 2. The fraction of sp³-hybridized carbons (Fsp3) is 0.286. The van der Waals surface area contributed by atoms with Crippen LogP contribution in [0.3, 0.4) is 0 Å². The number of anilines is 2. The number of rotatable bonds is 3. The Kier molecular flexibility index (Phi) is 4.18. The highest BCUT2D eigenvalue weighted by Crippen LogP contribution is 2.25. The van der Waals surface area contributed by atoms with E-state index in [-0.39, 0.29) is 5.91 Å². The van der Waals surface area contributed by atoms with Crippen LogP contribution in [0.15, 0.2) is 48.5 Å². The number of para-hydroxylation sites is 1. The monoisotopic (exact) mass is 333 g/mol. The summed E-state index contributed by atoms with van der Waals surface area (Å²) in [4.78, 5) is 18.4. The molecule has 1 aromatic heterocycles. The van der Waals surface area contributed by atoms with Gasteiger partial charge in [0, 0.05) is 41.1 Å². The van der Waals surface area contributed by atoms with Gasteiger partial charge in [-0.2, -0.15) is 0 Å². The summed E-state index contributed by atoms with van der Waals surface area (Å²) in [5, 5.41) is 3.99. The highest BCUT2D eigenvalue weighted by molar-refractivity contribution is 6.13. The van der Waals surface area contributed by atoms with Crippen molar-refractivity contribution in [2.24, 2.45) is 0 Å². The van der Waals surface area contributed by atoms with Crippen LogP contribution in [-0.2, 0) is 0 Å². The van der Waals surface area contributed by atoms with Crippen LogP contribution < -0.4 is 10.2 Å². The van der Waals surface area contributed by atoms with E-state index in [0.29, 0.717) is 0 Å². The molecule has 2 heterocycles. The van der Waals surface area contributed by atoms with E-state index in [2.05, 4.69) is 27.3 Å². The fourth-order valence-electron chi connectivity index (χ4n) is 3.67. The number of H-pyrrole nitrogens is 1. The number of carbonyl (C=O) groups is 1. The Hall–Kier alpha value is -2.75. The fourth-order valence-corrected chi connectivity index (χ4v) is 3.67. The number of amides is 1. The maximum absolute atomic E-state index is 12.8. The average Bonchev–Trinajstić information content (AvgIpc) is 2.99. The number of aryl methyl sites for hydroxylation is 1. The number of fused-ring (bicyclic) bond motifs is 1. The van der Waals surface area contributed by atoms with Crippen molar-refractivity contribution in [1.82, 2.24) is 4.98 Å². The zero-order valence-corrected chi connectivity index (χ0v) is 14.5. The number of carbonyl (C=O) groups excluding carboxylic acids is 1. The Labute approximate surface area is 147 Å². The van der Waals surface area contributed by atoms with Gasteiger partial charge >= 0.3 is 0 Å². The summed E-state index contributed by atoms with van der Waals surface area (Å²) in [5.74, 6) is -0.0688. The van der Waals surface area contributed by atoms with Crippen molar-refractivity contribution >= 4 is 28.2 Å². The third kappa shape index (κ3) is 3.12. The zero-order chi connectivity index (χ0) is 17.2. The third-order valence-electron chi connectivity index (χ3n) is 4.97. The lowest BCUT2D eigenvalue weighted by atomic mass is 10.1. The quantitative estimate of drug-likeness (QED) is 0.728. The second-order valence-corrected chi connectivity index (χ2v) is 6.72. The van der Waals surface area contributed by atoms with Crippen molar-refractivity contribution in [2.75, 3.05) is 23.3 Å². The number of nitrogens with one attached hydrogen (secondary N) is 2. The zero-order valence-electron chi connectivity index (χ0n) is 14.5. The van der Waals surface area contributed by atoms with Crippen molar-refractivity contribution in [2.45, 2.75) is 26.2 Å². The van der Waals surface area contributed by atoms with Crippen molar-refractivity contribution in [3.8, 4) is 0 Å². The van der Waals surface area contributed by atoms with Gasteiger partial charge in [-0.05, 0) is 56.5 Å². The molecule has 2 aromatic carbocycles. The summed E-state index contributed by atoms with van der Waals surface area (Å²) in [6.45, 7) is 4.19. The van der Waals surface area contributed by atoms with Gasteiger partial charge in [-0.3, -0.25) is 4.79 Å². The molecule has 0 radical (unpaired) electrons. The highest BCUT2D eigenvalue weighted by atomic mass is 16.1. The molecule has 2 N–H and O–H groups in total. The molecule has 0 spiro atoms. The van der Waals surface area contributed by atoms with Crippen LogP contribution in [0.2, 0.25) is 0 Å². The number of benzene rings is 2. The minimum absolute atomic E-state index is 0.0688. The number of piperidine rings is 1. The highest BCUT2D eigenvalue weighted by Gasteiger charge is 2.16. The maximum atomic E-state index is 12.8. The van der Waals surface area contributed by atoms with Crippen LogP contribution >= 0.6 is 0 Å². The molecule has 0 aliphatic carbocycles. The van der Waals surface area contributed by atoms with E-state index in [1.54, 1.807) is 0 Å². The first-order valence-electron chi connectivity index (χ1n) is 8.96. The Balaban J connectivity index is 1.53. The molecular weight excluding hydrogens is 310 g/mol. The predicted octanol–water partition coefficient (Wildman–Crippen LogP) is 4.72. The molecule has 1 aliphatic rings. The number of aromatic nitrogens is 1. The third-order valence-corrected chi connectivity index (χ3v) is 4.97. The van der Waals surface area contributed by atoms with Gasteiger partial charge in [0.2, 0.25) is 0 Å². The molecule has 25 heavy (non-hydrogen) atoms. The smallest absolute Gasteiger partial charge is 0.258 e. The van der Waals surface area contributed by atoms with Crippen molar-refractivity contribution in [3.05, 3.63) is 59.8 Å². The molecule has 4 heteroatoms. The van der Waals surface area contributed by atoms with Gasteiger partial charge in [0.1, 0.15) is 0 Å². The number of hydrogen-bond acceptors (Lipinski definition) is 2. The van der Waals surface area contributed by atoms with Gasteiger partial charge < -0.3 is 15.2 Å². The SMILES string of the molecule is Cc1[nH]c2ccccc2c1C(=O)Nc1ccc(N2CCCCC2)cc1. The van der Waals surface area contributed by atoms with Crippen molar-refractivity contribution < 1.29 is 4.79 Å². The Morgan fingerprint density at radius 3 is 2.48 bits per heavy atom. The molecule has 4 rings (SSSR count). The van der Waals surface area contributed by atoms with Gasteiger partial charge in [-0.15, -0.1) is 0 Å². The van der Waals surface area contributed by atoms with E-state index < -0.39 is 0 Å². The molecule has 0 bridgehead atoms. The van der Waals surface area contributed by atoms with E-state index in [4.69, 9.17) is 0 Å². The van der Waals surface area contributed by atoms with Crippen LogP contribution in [0.4, 0.5) is 11.4 Å². The van der Waals surface area contributed by atoms with Crippen LogP contribution in [0.1, 0.15) is 35.3 Å². The van der Waals surface area contributed by atoms with Gasteiger partial charge in [-0.1, -0.05) is 18.2 Å². The summed E-state index contributed by atoms with van der Waals surface area (Å²) in [7, 11) is 0. The minimum atomic E-state index is -0.0688. The molecule has 0 atom stereocenters. The van der Waals surface area contributed by atoms with Gasteiger partial charge in [-0.25, -0.2) is 0 Å². The van der Waals surface area contributed by atoms with Crippen LogP contribution in [0, 0.1) is 6.92 Å². The first-order valence-corrected chi connectivity index (χ1v) is 8.96. The molecular formula is C21H23N3O. The molecule has 3 aromatic rings. The molecule has 1 amide bonds. The van der Waals surface area contributed by atoms with Gasteiger partial charge in [0.15, 0.2) is 0 Å². The van der Waals surface area contributed by atoms with E-state index in [0.717, 1.165) is 40.9 Å². The lowest BCUT2D eigenvalue weighted by Gasteiger charge is -2.28. The second-order valence-electron chi connectivity index (χ2n) is 6.72. The topological polar surface area (TPSA) is 48.1 Å². The molecule has 1 aliphatic heterocycles. The molecule has 1 saturated heterocycles. The van der Waals surface area contributed by atoms with E-state index in [9.17, 15) is 4.79 Å².